The molecule has 0 aliphatic carbocycles. The second-order valence-corrected chi connectivity index (χ2v) is 12.6. The molecular formula is C25H29Cl2FN4O4S. The minimum Gasteiger partial charge on any atom is -0.305 e. The zero-order chi connectivity index (χ0) is 27.1. The van der Waals surface area contributed by atoms with Crippen LogP contribution in [0.15, 0.2) is 38.8 Å². The molecule has 1 aliphatic rings. The number of nitrogens with zero attached hydrogens (tertiary/aromatic N) is 3. The van der Waals surface area contributed by atoms with Gasteiger partial charge in [-0.05, 0) is 63.3 Å². The van der Waals surface area contributed by atoms with Gasteiger partial charge in [0.1, 0.15) is 5.82 Å². The fourth-order valence-corrected chi connectivity index (χ4v) is 6.38. The van der Waals surface area contributed by atoms with Crippen molar-refractivity contribution in [2.24, 2.45) is 0 Å². The Morgan fingerprint density at radius 3 is 2.57 bits per heavy atom. The van der Waals surface area contributed by atoms with Gasteiger partial charge in [0, 0.05) is 29.7 Å². The summed E-state index contributed by atoms with van der Waals surface area (Å²) < 4.78 is 41.2. The molecule has 2 aromatic carbocycles. The van der Waals surface area contributed by atoms with Crippen molar-refractivity contribution in [2.45, 2.75) is 43.8 Å². The molecule has 0 spiro atoms. The molecule has 37 heavy (non-hydrogen) atoms. The number of hydrogen-bond donors (Lipinski definition) is 1. The van der Waals surface area contributed by atoms with E-state index in [1.54, 1.807) is 0 Å². The highest BCUT2D eigenvalue weighted by Gasteiger charge is 2.25. The highest BCUT2D eigenvalue weighted by molar-refractivity contribution is 7.91. The van der Waals surface area contributed by atoms with Gasteiger partial charge in [-0.25, -0.2) is 17.6 Å². The molecular weight excluding hydrogens is 542 g/mol. The third-order valence-electron chi connectivity index (χ3n) is 6.92. The summed E-state index contributed by atoms with van der Waals surface area (Å²) in [6.07, 6.45) is 2.02. The Labute approximate surface area is 224 Å². The van der Waals surface area contributed by atoms with Crippen molar-refractivity contribution < 1.29 is 12.8 Å². The van der Waals surface area contributed by atoms with Gasteiger partial charge in [-0.3, -0.25) is 14.3 Å². The fourth-order valence-electron chi connectivity index (χ4n) is 4.77. The summed E-state index contributed by atoms with van der Waals surface area (Å²) in [7, 11) is 0.371. The molecule has 8 nitrogen and oxygen atoms in total. The van der Waals surface area contributed by atoms with Crippen LogP contribution in [-0.4, -0.2) is 66.7 Å². The van der Waals surface area contributed by atoms with E-state index in [9.17, 15) is 18.0 Å². The molecule has 0 saturated carbocycles. The molecule has 3 aromatic rings. The van der Waals surface area contributed by atoms with Crippen LogP contribution in [0.3, 0.4) is 0 Å². The first kappa shape index (κ1) is 27.8. The lowest BCUT2D eigenvalue weighted by molar-refractivity contribution is 0.127. The number of likely N-dealkylation sites (tertiary alicyclic amines) is 1. The molecule has 1 aliphatic heterocycles. The van der Waals surface area contributed by atoms with Crippen molar-refractivity contribution >= 4 is 43.9 Å². The van der Waals surface area contributed by atoms with Crippen LogP contribution in [-0.2, 0) is 22.9 Å². The number of benzene rings is 2. The van der Waals surface area contributed by atoms with Crippen molar-refractivity contribution in [3.8, 4) is 0 Å². The topological polar surface area (TPSA) is 95.5 Å². The number of nitrogens with one attached hydrogen (secondary N) is 1. The standard InChI is InChI=1S/C25H29Cl2FN4O4S/c1-4-37(35,36)21-8-7-16(26)10-15(21)12-32-24(33)18-11-20(28)19(22(27)23(18)29-25(32)34)14-31-9-5-6-17(13-31)30(2)3/h7-8,10-11,17H,4-6,9,12-14H2,1-3H3,(H,29,34)/t17-/m0/s1. The molecule has 1 N–H and O–H groups in total. The van der Waals surface area contributed by atoms with Gasteiger partial charge in [-0.15, -0.1) is 0 Å². The first-order chi connectivity index (χ1) is 17.4. The molecule has 1 saturated heterocycles. The van der Waals surface area contributed by atoms with E-state index in [-0.39, 0.29) is 55.8 Å². The average molecular weight is 572 g/mol. The van der Waals surface area contributed by atoms with Gasteiger partial charge < -0.3 is 9.88 Å². The predicted octanol–water partition coefficient (Wildman–Crippen LogP) is 3.50. The maximum Gasteiger partial charge on any atom is 0.329 e. The highest BCUT2D eigenvalue weighted by Crippen LogP contribution is 2.29. The summed E-state index contributed by atoms with van der Waals surface area (Å²) in [5.41, 5.74) is -1.12. The van der Waals surface area contributed by atoms with E-state index in [1.165, 1.54) is 25.1 Å². The van der Waals surface area contributed by atoms with Gasteiger partial charge in [0.05, 0.1) is 33.1 Å². The predicted molar refractivity (Wildman–Crippen MR) is 144 cm³/mol. The zero-order valence-electron chi connectivity index (χ0n) is 20.9. The van der Waals surface area contributed by atoms with Crippen molar-refractivity contribution in [1.29, 1.82) is 0 Å². The first-order valence-corrected chi connectivity index (χ1v) is 14.4. The van der Waals surface area contributed by atoms with E-state index >= 15 is 4.39 Å². The first-order valence-electron chi connectivity index (χ1n) is 12.0. The second kappa shape index (κ2) is 10.9. The zero-order valence-corrected chi connectivity index (χ0v) is 23.2. The molecule has 2 heterocycles. The number of hydrogen-bond acceptors (Lipinski definition) is 6. The SMILES string of the molecule is CCS(=O)(=O)c1ccc(Cl)cc1Cn1c(=O)[nH]c2c(Cl)c(CN3CCC[C@H](N(C)C)C3)c(F)cc2c1=O. The number of likely N-dealkylation sites (N-methyl/N-ethyl adjacent to an activating group) is 1. The fraction of sp³-hybridized carbons (Fsp3) is 0.440. The number of fused-ring (bicyclic) bond motifs is 1. The van der Waals surface area contributed by atoms with Crippen LogP contribution in [0.5, 0.6) is 0 Å². The number of piperidine rings is 1. The normalized spacial score (nSPS) is 17.1. The van der Waals surface area contributed by atoms with Crippen LogP contribution in [0.4, 0.5) is 4.39 Å². The molecule has 1 fully saturated rings. The van der Waals surface area contributed by atoms with Crippen molar-refractivity contribution in [3.05, 3.63) is 72.1 Å². The van der Waals surface area contributed by atoms with E-state index < -0.39 is 26.9 Å². The van der Waals surface area contributed by atoms with Gasteiger partial charge in [0.15, 0.2) is 9.84 Å². The van der Waals surface area contributed by atoms with Gasteiger partial charge >= 0.3 is 5.69 Å². The van der Waals surface area contributed by atoms with Gasteiger partial charge in [-0.2, -0.15) is 0 Å². The van der Waals surface area contributed by atoms with E-state index in [2.05, 4.69) is 14.8 Å². The molecule has 0 unspecified atom stereocenters. The molecule has 1 atom stereocenters. The van der Waals surface area contributed by atoms with E-state index in [1.807, 2.05) is 14.1 Å². The van der Waals surface area contributed by atoms with E-state index in [0.717, 1.165) is 36.6 Å². The molecule has 0 amide bonds. The third kappa shape index (κ3) is 5.63. The van der Waals surface area contributed by atoms with E-state index in [0.29, 0.717) is 6.04 Å². The number of rotatable bonds is 7. The maximum atomic E-state index is 15.3. The van der Waals surface area contributed by atoms with Crippen molar-refractivity contribution in [2.75, 3.05) is 32.9 Å². The van der Waals surface area contributed by atoms with Crippen molar-refractivity contribution in [1.82, 2.24) is 19.4 Å². The Balaban J connectivity index is 1.76. The van der Waals surface area contributed by atoms with Crippen LogP contribution in [0.2, 0.25) is 10.0 Å². The number of aromatic amines is 1. The van der Waals surface area contributed by atoms with Crippen LogP contribution in [0, 0.1) is 5.82 Å². The molecule has 12 heteroatoms. The summed E-state index contributed by atoms with van der Waals surface area (Å²) in [6.45, 7) is 2.92. The minimum atomic E-state index is -3.65. The third-order valence-corrected chi connectivity index (χ3v) is 9.41. The molecule has 4 rings (SSSR count). The minimum absolute atomic E-state index is 0.0136. The van der Waals surface area contributed by atoms with Crippen LogP contribution in [0.25, 0.3) is 10.9 Å². The number of aromatic nitrogens is 2. The quantitative estimate of drug-likeness (QED) is 0.467. The summed E-state index contributed by atoms with van der Waals surface area (Å²) in [5.74, 6) is -0.808. The summed E-state index contributed by atoms with van der Waals surface area (Å²) in [4.78, 5) is 33.1. The second-order valence-electron chi connectivity index (χ2n) is 9.55. The van der Waals surface area contributed by atoms with Gasteiger partial charge in [0.2, 0.25) is 0 Å². The highest BCUT2D eigenvalue weighted by atomic mass is 35.5. The summed E-state index contributed by atoms with van der Waals surface area (Å²) in [6, 6.07) is 5.61. The molecule has 0 bridgehead atoms. The van der Waals surface area contributed by atoms with Crippen LogP contribution < -0.4 is 11.2 Å². The maximum absolute atomic E-state index is 15.3. The Morgan fingerprint density at radius 2 is 1.89 bits per heavy atom. The number of halogens is 3. The Hall–Kier alpha value is -2.24. The monoisotopic (exact) mass is 570 g/mol. The lowest BCUT2D eigenvalue weighted by atomic mass is 10.0. The largest absolute Gasteiger partial charge is 0.329 e. The van der Waals surface area contributed by atoms with Crippen LogP contribution >= 0.6 is 23.2 Å². The Morgan fingerprint density at radius 1 is 1.16 bits per heavy atom. The summed E-state index contributed by atoms with van der Waals surface area (Å²) in [5, 5.41) is 0.140. The lowest BCUT2D eigenvalue weighted by Crippen LogP contribution is -2.44. The van der Waals surface area contributed by atoms with Crippen LogP contribution in [0.1, 0.15) is 30.9 Å². The average Bonchev–Trinajstić information content (AvgIpc) is 2.85. The molecule has 200 valence electrons. The lowest BCUT2D eigenvalue weighted by Gasteiger charge is -2.36. The van der Waals surface area contributed by atoms with Gasteiger partial charge in [-0.1, -0.05) is 30.1 Å². The number of H-pyrrole nitrogens is 1. The molecule has 1 aromatic heterocycles. The smallest absolute Gasteiger partial charge is 0.305 e. The number of sulfone groups is 1. The Kier molecular flexibility index (Phi) is 8.16. The Bertz CT molecular complexity index is 1570. The van der Waals surface area contributed by atoms with E-state index in [4.69, 9.17) is 23.2 Å². The molecule has 0 radical (unpaired) electrons. The van der Waals surface area contributed by atoms with Crippen molar-refractivity contribution in [3.63, 3.8) is 0 Å². The summed E-state index contributed by atoms with van der Waals surface area (Å²) >= 11 is 12.6. The van der Waals surface area contributed by atoms with Gasteiger partial charge in [0.25, 0.3) is 5.56 Å².